The van der Waals surface area contributed by atoms with Crippen LogP contribution in [0.3, 0.4) is 0 Å². The third-order valence-corrected chi connectivity index (χ3v) is 8.52. The van der Waals surface area contributed by atoms with Crippen LogP contribution in [-0.4, -0.2) is 22.4 Å². The fourth-order valence-electron chi connectivity index (χ4n) is 5.85. The van der Waals surface area contributed by atoms with E-state index in [4.69, 9.17) is 14.2 Å². The molecule has 0 aliphatic heterocycles. The smallest absolute Gasteiger partial charge is 0.417 e. The highest BCUT2D eigenvalue weighted by Gasteiger charge is 2.18. The molecule has 0 bridgehead atoms. The molecule has 0 saturated heterocycles. The van der Waals surface area contributed by atoms with Crippen LogP contribution >= 0.6 is 0 Å². The molecular formula is C44H40N2O7. The fourth-order valence-corrected chi connectivity index (χ4v) is 5.85. The van der Waals surface area contributed by atoms with Crippen LogP contribution in [0.1, 0.15) is 50.7 Å². The number of ether oxygens (including phenoxy) is 3. The van der Waals surface area contributed by atoms with Crippen molar-refractivity contribution >= 4 is 23.6 Å². The Labute approximate surface area is 308 Å². The molecule has 0 spiro atoms. The monoisotopic (exact) mass is 708 g/mol. The lowest BCUT2D eigenvalue weighted by Gasteiger charge is -2.18. The minimum atomic E-state index is -0.695. The molecule has 0 heterocycles. The van der Waals surface area contributed by atoms with E-state index < -0.39 is 12.2 Å². The lowest BCUT2D eigenvalue weighted by Crippen LogP contribution is -2.17. The number of carbonyl (C=O) groups is 2. The first-order valence-corrected chi connectivity index (χ1v) is 17.2. The summed E-state index contributed by atoms with van der Waals surface area (Å²) >= 11 is 0. The Kier molecular flexibility index (Phi) is 10.9. The van der Waals surface area contributed by atoms with Crippen LogP contribution in [0.15, 0.2) is 133 Å². The van der Waals surface area contributed by atoms with Crippen molar-refractivity contribution in [2.45, 2.75) is 39.5 Å². The number of benzene rings is 6. The lowest BCUT2D eigenvalue weighted by molar-refractivity contribution is 0.214. The summed E-state index contributed by atoms with van der Waals surface area (Å²) in [6.45, 7) is 7.97. The van der Waals surface area contributed by atoms with Crippen molar-refractivity contribution in [1.29, 1.82) is 0 Å². The molecule has 2 amide bonds. The summed E-state index contributed by atoms with van der Waals surface area (Å²) in [5, 5.41) is 26.7. The van der Waals surface area contributed by atoms with E-state index in [9.17, 15) is 19.8 Å². The number of hydrogen-bond donors (Lipinski definition) is 4. The molecule has 0 unspecified atom stereocenters. The van der Waals surface area contributed by atoms with E-state index in [1.54, 1.807) is 97.1 Å². The second kappa shape index (κ2) is 16.1. The van der Waals surface area contributed by atoms with Gasteiger partial charge < -0.3 is 24.4 Å². The number of nitrogens with one attached hydrogen (secondary N) is 2. The SMILES string of the molecule is CC(C)c1cc(-c2ccc(Oc3ccc(-c4ccc(O)c(C(C)C)c4)c(NC(=O)Oc4ccccc4)c3)cc2NC(=O)Oc2ccccc2)ccc1O. The predicted octanol–water partition coefficient (Wildman–Crippen LogP) is 11.7. The first-order valence-electron chi connectivity index (χ1n) is 17.2. The summed E-state index contributed by atoms with van der Waals surface area (Å²) in [4.78, 5) is 26.2. The molecule has 9 heteroatoms. The molecule has 6 aromatic carbocycles. The van der Waals surface area contributed by atoms with Gasteiger partial charge in [-0.1, -0.05) is 76.2 Å². The number of aromatic hydroxyl groups is 2. The van der Waals surface area contributed by atoms with Gasteiger partial charge >= 0.3 is 12.2 Å². The normalized spacial score (nSPS) is 10.9. The zero-order valence-electron chi connectivity index (χ0n) is 29.8. The van der Waals surface area contributed by atoms with E-state index in [1.165, 1.54) is 0 Å². The van der Waals surface area contributed by atoms with Crippen molar-refractivity contribution < 1.29 is 34.0 Å². The average molecular weight is 709 g/mol. The Morgan fingerprint density at radius 3 is 1.26 bits per heavy atom. The van der Waals surface area contributed by atoms with Gasteiger partial charge in [-0.2, -0.15) is 0 Å². The van der Waals surface area contributed by atoms with Gasteiger partial charge in [-0.15, -0.1) is 0 Å². The number of hydrogen-bond acceptors (Lipinski definition) is 7. The van der Waals surface area contributed by atoms with Gasteiger partial charge in [-0.25, -0.2) is 9.59 Å². The average Bonchev–Trinajstić information content (AvgIpc) is 3.13. The Bertz CT molecular complexity index is 2080. The summed E-state index contributed by atoms with van der Waals surface area (Å²) in [5.41, 5.74) is 5.26. The molecule has 53 heavy (non-hydrogen) atoms. The molecule has 9 nitrogen and oxygen atoms in total. The maximum atomic E-state index is 13.1. The minimum absolute atomic E-state index is 0.0614. The van der Waals surface area contributed by atoms with Crippen LogP contribution in [0, 0.1) is 0 Å². The molecule has 0 fully saturated rings. The number of amides is 2. The highest BCUT2D eigenvalue weighted by Crippen LogP contribution is 2.40. The van der Waals surface area contributed by atoms with E-state index in [0.717, 1.165) is 22.3 Å². The quantitative estimate of drug-likeness (QED) is 0.112. The standard InChI is InChI=1S/C44H40N2O7/c1-27(2)37-23-29(15-21-41(37)47)35-19-17-33(25-39(35)45-43(49)52-31-11-7-5-8-12-31)51-34-18-20-36(30-16-22-42(48)38(24-30)28(3)4)40(26-34)46-44(50)53-32-13-9-6-10-14-32/h5-28,47-48H,1-4H3,(H,45,49)(H,46,50). The summed E-state index contributed by atoms with van der Waals surface area (Å²) < 4.78 is 17.4. The highest BCUT2D eigenvalue weighted by molar-refractivity contribution is 5.94. The summed E-state index contributed by atoms with van der Waals surface area (Å²) in [5.74, 6) is 2.05. The van der Waals surface area contributed by atoms with Crippen LogP contribution in [0.25, 0.3) is 22.3 Å². The molecule has 0 aromatic heterocycles. The second-order valence-corrected chi connectivity index (χ2v) is 13.0. The Morgan fingerprint density at radius 1 is 0.491 bits per heavy atom. The minimum Gasteiger partial charge on any atom is -0.508 e. The van der Waals surface area contributed by atoms with Crippen LogP contribution in [0.5, 0.6) is 34.5 Å². The zero-order valence-corrected chi connectivity index (χ0v) is 29.8. The number of para-hydroxylation sites is 2. The van der Waals surface area contributed by atoms with E-state index in [2.05, 4.69) is 10.6 Å². The number of anilines is 2. The first-order chi connectivity index (χ1) is 25.5. The van der Waals surface area contributed by atoms with E-state index in [-0.39, 0.29) is 23.3 Å². The lowest BCUT2D eigenvalue weighted by atomic mass is 9.95. The first kappa shape index (κ1) is 36.1. The summed E-state index contributed by atoms with van der Waals surface area (Å²) in [7, 11) is 0. The van der Waals surface area contributed by atoms with E-state index >= 15 is 0 Å². The van der Waals surface area contributed by atoms with Gasteiger partial charge in [-0.05, 0) is 107 Å². The zero-order chi connectivity index (χ0) is 37.5. The predicted molar refractivity (Wildman–Crippen MR) is 208 cm³/mol. The van der Waals surface area contributed by atoms with Gasteiger partial charge in [0.05, 0.1) is 11.4 Å². The molecule has 6 rings (SSSR count). The number of phenols is 2. The fraction of sp³-hybridized carbons (Fsp3) is 0.136. The van der Waals surface area contributed by atoms with E-state index in [1.807, 2.05) is 64.1 Å². The van der Waals surface area contributed by atoms with Crippen molar-refractivity contribution in [3.8, 4) is 56.8 Å². The van der Waals surface area contributed by atoms with Crippen molar-refractivity contribution in [3.05, 3.63) is 145 Å². The molecule has 0 aliphatic carbocycles. The van der Waals surface area contributed by atoms with Crippen LogP contribution < -0.4 is 24.8 Å². The number of phenolic OH excluding ortho intramolecular Hbond substituents is 2. The van der Waals surface area contributed by atoms with Crippen LogP contribution in [0.4, 0.5) is 21.0 Å². The number of carbonyl (C=O) groups excluding carboxylic acids is 2. The second-order valence-electron chi connectivity index (χ2n) is 13.0. The van der Waals surface area contributed by atoms with Gasteiger partial charge in [0.25, 0.3) is 0 Å². The molecular weight excluding hydrogens is 668 g/mol. The Morgan fingerprint density at radius 2 is 0.887 bits per heavy atom. The summed E-state index contributed by atoms with van der Waals surface area (Å²) in [6.07, 6.45) is -1.39. The Hall–Kier alpha value is -6.74. The van der Waals surface area contributed by atoms with Gasteiger partial charge in [0, 0.05) is 23.3 Å². The maximum Gasteiger partial charge on any atom is 0.417 e. The third-order valence-electron chi connectivity index (χ3n) is 8.52. The molecule has 6 aromatic rings. The third kappa shape index (κ3) is 8.95. The van der Waals surface area contributed by atoms with Gasteiger partial charge in [0.1, 0.15) is 34.5 Å². The molecule has 0 atom stereocenters. The largest absolute Gasteiger partial charge is 0.508 e. The topological polar surface area (TPSA) is 126 Å². The van der Waals surface area contributed by atoms with Gasteiger partial charge in [0.2, 0.25) is 0 Å². The van der Waals surface area contributed by atoms with Crippen molar-refractivity contribution in [2.75, 3.05) is 10.6 Å². The van der Waals surface area contributed by atoms with Crippen LogP contribution in [-0.2, 0) is 0 Å². The van der Waals surface area contributed by atoms with Gasteiger partial charge in [0.15, 0.2) is 0 Å². The highest BCUT2D eigenvalue weighted by atomic mass is 16.6. The van der Waals surface area contributed by atoms with Crippen LogP contribution in [0.2, 0.25) is 0 Å². The molecule has 0 saturated carbocycles. The van der Waals surface area contributed by atoms with Gasteiger partial charge in [-0.3, -0.25) is 10.6 Å². The molecule has 0 aliphatic rings. The van der Waals surface area contributed by atoms with Crippen molar-refractivity contribution in [2.24, 2.45) is 0 Å². The Balaban J connectivity index is 1.36. The number of rotatable bonds is 10. The maximum absolute atomic E-state index is 13.1. The summed E-state index contributed by atoms with van der Waals surface area (Å²) in [6, 6.07) is 38.6. The molecule has 268 valence electrons. The van der Waals surface area contributed by atoms with Crippen molar-refractivity contribution in [3.63, 3.8) is 0 Å². The van der Waals surface area contributed by atoms with E-state index in [0.29, 0.717) is 45.5 Å². The molecule has 4 N–H and O–H groups in total. The van der Waals surface area contributed by atoms with Crippen molar-refractivity contribution in [1.82, 2.24) is 0 Å². The molecule has 0 radical (unpaired) electrons.